The highest BCUT2D eigenvalue weighted by atomic mass is 35.5. The molecule has 1 fully saturated rings. The molecule has 2 heterocycles. The van der Waals surface area contributed by atoms with E-state index in [0.717, 1.165) is 28.1 Å². The highest BCUT2D eigenvalue weighted by Crippen LogP contribution is 2.28. The molecule has 0 radical (unpaired) electrons. The Labute approximate surface area is 203 Å². The lowest BCUT2D eigenvalue weighted by Crippen LogP contribution is -2.45. The quantitative estimate of drug-likeness (QED) is 0.426. The van der Waals surface area contributed by atoms with Gasteiger partial charge in [-0.05, 0) is 49.5 Å². The van der Waals surface area contributed by atoms with E-state index in [9.17, 15) is 14.4 Å². The van der Waals surface area contributed by atoms with Gasteiger partial charge in [-0.3, -0.25) is 14.4 Å². The standard InChI is InChI=1S/C25H31ClN2O4S/c1-3-19(29)6-8-21(16-9-11-32-12-10-16)28-25(31)17(13-20(30)4-2)14-24-27-22-7-5-18(26)15-23(22)33-24/h3,5,7,15-17,21H,1,4,6,8-14H2,2H3,(H,28,31)/t17-,21+/m0/s1. The fraction of sp³-hybridized carbons (Fsp3) is 0.520. The molecule has 0 aliphatic carbocycles. The molecule has 0 bridgehead atoms. The summed E-state index contributed by atoms with van der Waals surface area (Å²) >= 11 is 7.59. The van der Waals surface area contributed by atoms with Gasteiger partial charge in [-0.15, -0.1) is 11.3 Å². The van der Waals surface area contributed by atoms with Gasteiger partial charge in [0, 0.05) is 50.0 Å². The normalized spacial score (nSPS) is 16.3. The number of ketones is 2. The third-order valence-electron chi connectivity index (χ3n) is 6.15. The maximum absolute atomic E-state index is 13.4. The predicted octanol–water partition coefficient (Wildman–Crippen LogP) is 4.92. The number of Topliss-reactive ketones (excluding diaryl/α,β-unsaturated/α-hetero) is 1. The van der Waals surface area contributed by atoms with E-state index in [2.05, 4.69) is 16.9 Å². The van der Waals surface area contributed by atoms with Gasteiger partial charge in [0.15, 0.2) is 5.78 Å². The van der Waals surface area contributed by atoms with Crippen molar-refractivity contribution in [3.8, 4) is 0 Å². The van der Waals surface area contributed by atoms with E-state index < -0.39 is 5.92 Å². The molecule has 0 saturated carbocycles. The first-order chi connectivity index (χ1) is 15.9. The van der Waals surface area contributed by atoms with E-state index in [1.807, 2.05) is 19.1 Å². The SMILES string of the molecule is C=CC(=O)CC[C@@H](NC(=O)[C@@H](CC(=O)CC)Cc1nc2ccc(Cl)cc2s1)C1CCOCC1. The van der Waals surface area contributed by atoms with Gasteiger partial charge in [0.05, 0.1) is 21.1 Å². The van der Waals surface area contributed by atoms with Crippen LogP contribution >= 0.6 is 22.9 Å². The zero-order chi connectivity index (χ0) is 23.8. The minimum absolute atomic E-state index is 0.0350. The summed E-state index contributed by atoms with van der Waals surface area (Å²) in [6.07, 6.45) is 4.83. The van der Waals surface area contributed by atoms with Crippen LogP contribution in [0.2, 0.25) is 5.02 Å². The maximum Gasteiger partial charge on any atom is 0.224 e. The van der Waals surface area contributed by atoms with Gasteiger partial charge in [-0.1, -0.05) is 25.1 Å². The number of rotatable bonds is 12. The van der Waals surface area contributed by atoms with Gasteiger partial charge in [-0.2, -0.15) is 0 Å². The van der Waals surface area contributed by atoms with Crippen LogP contribution in [0.25, 0.3) is 10.2 Å². The van der Waals surface area contributed by atoms with Gasteiger partial charge in [0.2, 0.25) is 5.91 Å². The summed E-state index contributed by atoms with van der Waals surface area (Å²) < 4.78 is 6.44. The van der Waals surface area contributed by atoms with E-state index in [1.165, 1.54) is 17.4 Å². The first-order valence-electron chi connectivity index (χ1n) is 11.5. The fourth-order valence-corrected chi connectivity index (χ4v) is 5.49. The number of carbonyl (C=O) groups is 3. The summed E-state index contributed by atoms with van der Waals surface area (Å²) in [5, 5.41) is 4.63. The van der Waals surface area contributed by atoms with E-state index in [-0.39, 0.29) is 35.9 Å². The summed E-state index contributed by atoms with van der Waals surface area (Å²) in [6.45, 7) is 6.65. The lowest BCUT2D eigenvalue weighted by atomic mass is 9.87. The average molecular weight is 491 g/mol. The van der Waals surface area contributed by atoms with Gasteiger partial charge < -0.3 is 10.1 Å². The number of nitrogens with zero attached hydrogens (tertiary/aromatic N) is 1. The molecule has 0 unspecified atom stereocenters. The van der Waals surface area contributed by atoms with Gasteiger partial charge in [0.1, 0.15) is 5.78 Å². The van der Waals surface area contributed by atoms with Crippen LogP contribution in [0.3, 0.4) is 0 Å². The number of allylic oxidation sites excluding steroid dienone is 1. The number of benzene rings is 1. The summed E-state index contributed by atoms with van der Waals surface area (Å²) in [5.74, 6) is -0.411. The second-order valence-electron chi connectivity index (χ2n) is 8.49. The zero-order valence-electron chi connectivity index (χ0n) is 19.0. The van der Waals surface area contributed by atoms with Crippen LogP contribution in [0.1, 0.15) is 50.5 Å². The Kier molecular flexibility index (Phi) is 9.59. The van der Waals surface area contributed by atoms with Gasteiger partial charge >= 0.3 is 0 Å². The number of ether oxygens (including phenoxy) is 1. The van der Waals surface area contributed by atoms with E-state index in [1.54, 1.807) is 6.07 Å². The molecule has 1 aromatic carbocycles. The Morgan fingerprint density at radius 1 is 1.33 bits per heavy atom. The molecule has 1 N–H and O–H groups in total. The Morgan fingerprint density at radius 2 is 2.09 bits per heavy atom. The van der Waals surface area contributed by atoms with Crippen LogP contribution in [0.5, 0.6) is 0 Å². The Morgan fingerprint density at radius 3 is 2.79 bits per heavy atom. The monoisotopic (exact) mass is 490 g/mol. The Balaban J connectivity index is 1.76. The lowest BCUT2D eigenvalue weighted by molar-refractivity contribution is -0.130. The maximum atomic E-state index is 13.4. The molecular weight excluding hydrogens is 460 g/mol. The molecular formula is C25H31ClN2O4S. The third kappa shape index (κ3) is 7.45. The van der Waals surface area contributed by atoms with Crippen LogP contribution in [0.4, 0.5) is 0 Å². The highest BCUT2D eigenvalue weighted by molar-refractivity contribution is 7.18. The molecule has 6 nitrogen and oxygen atoms in total. The number of hydrogen-bond acceptors (Lipinski definition) is 6. The molecule has 3 rings (SSSR count). The molecule has 178 valence electrons. The molecule has 1 amide bonds. The first kappa shape index (κ1) is 25.5. The molecule has 0 spiro atoms. The number of nitrogens with one attached hydrogen (secondary N) is 1. The van der Waals surface area contributed by atoms with E-state index >= 15 is 0 Å². The van der Waals surface area contributed by atoms with Crippen molar-refractivity contribution >= 4 is 50.6 Å². The fourth-order valence-electron chi connectivity index (χ4n) is 4.17. The molecule has 33 heavy (non-hydrogen) atoms. The van der Waals surface area contributed by atoms with E-state index in [4.69, 9.17) is 16.3 Å². The average Bonchev–Trinajstić information content (AvgIpc) is 3.22. The predicted molar refractivity (Wildman–Crippen MR) is 132 cm³/mol. The summed E-state index contributed by atoms with van der Waals surface area (Å²) in [7, 11) is 0. The highest BCUT2D eigenvalue weighted by Gasteiger charge is 2.30. The molecule has 1 aliphatic heterocycles. The van der Waals surface area contributed by atoms with Crippen LogP contribution in [0, 0.1) is 11.8 Å². The number of thiazole rings is 1. The van der Waals surface area contributed by atoms with Gasteiger partial charge in [-0.25, -0.2) is 4.98 Å². The third-order valence-corrected chi connectivity index (χ3v) is 7.42. The number of hydrogen-bond donors (Lipinski definition) is 1. The Bertz CT molecular complexity index is 999. The zero-order valence-corrected chi connectivity index (χ0v) is 20.6. The molecule has 1 aromatic heterocycles. The van der Waals surface area contributed by atoms with Crippen molar-refractivity contribution in [1.82, 2.24) is 10.3 Å². The van der Waals surface area contributed by atoms with Crippen molar-refractivity contribution in [2.45, 2.75) is 57.9 Å². The van der Waals surface area contributed by atoms with Crippen molar-refractivity contribution in [3.63, 3.8) is 0 Å². The van der Waals surface area contributed by atoms with Crippen LogP contribution in [-0.2, 0) is 25.5 Å². The Hall–Kier alpha value is -2.09. The smallest absolute Gasteiger partial charge is 0.224 e. The second-order valence-corrected chi connectivity index (χ2v) is 10.0. The number of aromatic nitrogens is 1. The van der Waals surface area contributed by atoms with Crippen molar-refractivity contribution in [1.29, 1.82) is 0 Å². The van der Waals surface area contributed by atoms with Gasteiger partial charge in [0.25, 0.3) is 0 Å². The van der Waals surface area contributed by atoms with E-state index in [0.29, 0.717) is 43.9 Å². The van der Waals surface area contributed by atoms with Crippen LogP contribution < -0.4 is 5.32 Å². The van der Waals surface area contributed by atoms with Crippen molar-refractivity contribution < 1.29 is 19.1 Å². The van der Waals surface area contributed by atoms with Crippen LogP contribution in [-0.4, -0.2) is 41.7 Å². The minimum Gasteiger partial charge on any atom is -0.381 e. The summed E-state index contributed by atoms with van der Waals surface area (Å²) in [6, 6.07) is 5.38. The second kappa shape index (κ2) is 12.4. The molecule has 2 atom stereocenters. The number of fused-ring (bicyclic) bond motifs is 1. The van der Waals surface area contributed by atoms with Crippen molar-refractivity contribution in [2.24, 2.45) is 11.8 Å². The first-order valence-corrected chi connectivity index (χ1v) is 12.7. The summed E-state index contributed by atoms with van der Waals surface area (Å²) in [4.78, 5) is 42.2. The molecule has 2 aromatic rings. The van der Waals surface area contributed by atoms with Crippen molar-refractivity contribution in [3.05, 3.63) is 40.9 Å². The van der Waals surface area contributed by atoms with Crippen LogP contribution in [0.15, 0.2) is 30.9 Å². The topological polar surface area (TPSA) is 85.4 Å². The number of halogens is 1. The molecule has 1 saturated heterocycles. The number of amides is 1. The minimum atomic E-state index is -0.508. The number of carbonyl (C=O) groups excluding carboxylic acids is 3. The largest absolute Gasteiger partial charge is 0.381 e. The molecule has 1 aliphatic rings. The lowest BCUT2D eigenvalue weighted by Gasteiger charge is -2.32. The summed E-state index contributed by atoms with van der Waals surface area (Å²) in [5.41, 5.74) is 0.836. The molecule has 8 heteroatoms. The van der Waals surface area contributed by atoms with Crippen molar-refractivity contribution in [2.75, 3.05) is 13.2 Å².